The molecule has 0 amide bonds. The third-order valence-electron chi connectivity index (χ3n) is 8.29. The smallest absolute Gasteiger partial charge is 0.386 e. The van der Waals surface area contributed by atoms with Gasteiger partial charge in [0.25, 0.3) is 0 Å². The van der Waals surface area contributed by atoms with E-state index in [1.807, 2.05) is 36.4 Å². The minimum Gasteiger partial charge on any atom is -0.386 e. The molecule has 4 nitrogen and oxygen atoms in total. The van der Waals surface area contributed by atoms with Gasteiger partial charge >= 0.3 is 7.82 Å². The standard InChI is InChI=1S/C42H39O4P/c1-28-7-22-40(31(4)25-28)34-10-16-37(17-11-34)44-47(43,45-38-18-12-35(13-19-38)41-23-8-29(2)26-32(41)5)46-39-20-14-36(15-21-39)42-24-9-30(3)27-33(42)6/h7-27H,1-6H3. The molecule has 0 aliphatic heterocycles. The SMILES string of the molecule is Cc1ccc(-c2ccc(OP(=O)(Oc3ccc(-c4ccc(C)cc4C)cc3)Oc3ccc(-c4ccc(C)cc4C)cc3)cc2)c(C)c1. The normalized spacial score (nSPS) is 11.3. The maximum absolute atomic E-state index is 14.4. The van der Waals surface area contributed by atoms with E-state index in [9.17, 15) is 4.57 Å². The molecule has 6 aromatic rings. The average Bonchev–Trinajstić information content (AvgIpc) is 3.03. The van der Waals surface area contributed by atoms with E-state index >= 15 is 0 Å². The second-order valence-corrected chi connectivity index (χ2v) is 13.7. The van der Waals surface area contributed by atoms with Crippen LogP contribution in [-0.4, -0.2) is 0 Å². The van der Waals surface area contributed by atoms with Crippen molar-refractivity contribution in [3.63, 3.8) is 0 Å². The minimum atomic E-state index is -4.19. The molecule has 0 saturated heterocycles. The Labute approximate surface area is 278 Å². The van der Waals surface area contributed by atoms with E-state index in [4.69, 9.17) is 13.6 Å². The van der Waals surface area contributed by atoms with Crippen molar-refractivity contribution >= 4 is 7.82 Å². The number of hydrogen-bond donors (Lipinski definition) is 0. The average molecular weight is 639 g/mol. The third kappa shape index (κ3) is 7.51. The summed E-state index contributed by atoms with van der Waals surface area (Å²) >= 11 is 0. The molecule has 0 aromatic heterocycles. The Kier molecular flexibility index (Phi) is 9.07. The maximum atomic E-state index is 14.4. The van der Waals surface area contributed by atoms with Crippen molar-refractivity contribution in [1.82, 2.24) is 0 Å². The number of benzene rings is 6. The highest BCUT2D eigenvalue weighted by atomic mass is 31.2. The highest BCUT2D eigenvalue weighted by Crippen LogP contribution is 2.50. The summed E-state index contributed by atoms with van der Waals surface area (Å²) in [5.74, 6) is 1.13. The molecule has 0 radical (unpaired) electrons. The summed E-state index contributed by atoms with van der Waals surface area (Å²) in [6.45, 7) is 12.5. The lowest BCUT2D eigenvalue weighted by atomic mass is 9.99. The van der Waals surface area contributed by atoms with E-state index in [1.54, 1.807) is 36.4 Å². The van der Waals surface area contributed by atoms with Crippen molar-refractivity contribution in [2.45, 2.75) is 41.5 Å². The van der Waals surface area contributed by atoms with E-state index in [0.717, 1.165) is 33.4 Å². The van der Waals surface area contributed by atoms with Crippen LogP contribution in [0.4, 0.5) is 0 Å². The van der Waals surface area contributed by atoms with Crippen LogP contribution in [0.1, 0.15) is 33.4 Å². The molecule has 0 fully saturated rings. The highest BCUT2D eigenvalue weighted by Gasteiger charge is 2.33. The number of phosphoric ester groups is 1. The predicted molar refractivity (Wildman–Crippen MR) is 194 cm³/mol. The van der Waals surface area contributed by atoms with Gasteiger partial charge in [0.2, 0.25) is 0 Å². The molecule has 47 heavy (non-hydrogen) atoms. The van der Waals surface area contributed by atoms with Gasteiger partial charge in [-0.1, -0.05) is 108 Å². The molecule has 236 valence electrons. The number of phosphoric acid groups is 1. The molecular formula is C42H39O4P. The lowest BCUT2D eigenvalue weighted by molar-refractivity contribution is 0.298. The zero-order chi connectivity index (χ0) is 33.1. The Hall–Kier alpha value is -5.05. The van der Waals surface area contributed by atoms with Crippen LogP contribution in [0.3, 0.4) is 0 Å². The van der Waals surface area contributed by atoms with Gasteiger partial charge in [0, 0.05) is 0 Å². The molecule has 0 atom stereocenters. The Bertz CT molecular complexity index is 1840. The predicted octanol–water partition coefficient (Wildman–Crippen LogP) is 12.2. The van der Waals surface area contributed by atoms with Crippen molar-refractivity contribution in [1.29, 1.82) is 0 Å². The van der Waals surface area contributed by atoms with E-state index < -0.39 is 7.82 Å². The maximum Gasteiger partial charge on any atom is 0.647 e. The van der Waals surface area contributed by atoms with Gasteiger partial charge in [-0.3, -0.25) is 0 Å². The summed E-state index contributed by atoms with van der Waals surface area (Å²) in [6, 6.07) is 41.6. The summed E-state index contributed by atoms with van der Waals surface area (Å²) in [4.78, 5) is 0. The van der Waals surface area contributed by atoms with Crippen molar-refractivity contribution in [3.05, 3.63) is 161 Å². The van der Waals surface area contributed by atoms with E-state index in [2.05, 4.69) is 96.1 Å². The lowest BCUT2D eigenvalue weighted by Gasteiger charge is -2.20. The van der Waals surface area contributed by atoms with Gasteiger partial charge in [0.15, 0.2) is 0 Å². The summed E-state index contributed by atoms with van der Waals surface area (Å²) in [7, 11) is -4.19. The van der Waals surface area contributed by atoms with Crippen LogP contribution in [0, 0.1) is 41.5 Å². The number of aryl methyl sites for hydroxylation is 6. The largest absolute Gasteiger partial charge is 0.647 e. The molecule has 6 aromatic carbocycles. The van der Waals surface area contributed by atoms with Crippen molar-refractivity contribution in [3.8, 4) is 50.6 Å². The second kappa shape index (κ2) is 13.4. The quantitative estimate of drug-likeness (QED) is 0.148. The zero-order valence-electron chi connectivity index (χ0n) is 27.7. The molecular weight excluding hydrogens is 599 g/mol. The summed E-state index contributed by atoms with van der Waals surface area (Å²) in [5.41, 5.74) is 13.7. The lowest BCUT2D eigenvalue weighted by Crippen LogP contribution is -2.07. The summed E-state index contributed by atoms with van der Waals surface area (Å²) in [6.07, 6.45) is 0. The van der Waals surface area contributed by atoms with Crippen LogP contribution in [0.25, 0.3) is 33.4 Å². The molecule has 0 aliphatic rings. The monoisotopic (exact) mass is 638 g/mol. The van der Waals surface area contributed by atoms with Crippen LogP contribution < -0.4 is 13.6 Å². The van der Waals surface area contributed by atoms with Gasteiger partial charge in [-0.05, 0) is 128 Å². The topological polar surface area (TPSA) is 44.8 Å². The van der Waals surface area contributed by atoms with Crippen LogP contribution in [0.2, 0.25) is 0 Å². The number of rotatable bonds is 9. The summed E-state index contributed by atoms with van der Waals surface area (Å²) in [5, 5.41) is 0. The fourth-order valence-corrected chi connectivity index (χ4v) is 7.19. The van der Waals surface area contributed by atoms with Crippen molar-refractivity contribution in [2.24, 2.45) is 0 Å². The zero-order valence-corrected chi connectivity index (χ0v) is 28.6. The van der Waals surface area contributed by atoms with Crippen LogP contribution in [-0.2, 0) is 4.57 Å². The molecule has 0 spiro atoms. The molecule has 0 aliphatic carbocycles. The first-order chi connectivity index (χ1) is 22.5. The molecule has 0 saturated carbocycles. The van der Waals surface area contributed by atoms with Crippen molar-refractivity contribution < 1.29 is 18.1 Å². The fourth-order valence-electron chi connectivity index (χ4n) is 5.94. The molecule has 5 heteroatoms. The second-order valence-electron chi connectivity index (χ2n) is 12.2. The molecule has 0 N–H and O–H groups in total. The third-order valence-corrected chi connectivity index (χ3v) is 9.60. The molecule has 0 unspecified atom stereocenters. The van der Waals surface area contributed by atoms with Crippen LogP contribution in [0.5, 0.6) is 17.2 Å². The Morgan fingerprint density at radius 3 is 0.851 bits per heavy atom. The van der Waals surface area contributed by atoms with Crippen LogP contribution >= 0.6 is 7.82 Å². The Balaban J connectivity index is 1.28. The molecule has 0 heterocycles. The summed E-state index contributed by atoms with van der Waals surface area (Å²) < 4.78 is 32.6. The van der Waals surface area contributed by atoms with E-state index in [0.29, 0.717) is 17.2 Å². The fraction of sp³-hybridized carbons (Fsp3) is 0.143. The van der Waals surface area contributed by atoms with Gasteiger partial charge in [-0.2, -0.15) is 4.57 Å². The van der Waals surface area contributed by atoms with Gasteiger partial charge in [0.1, 0.15) is 17.2 Å². The minimum absolute atomic E-state index is 0.376. The van der Waals surface area contributed by atoms with Gasteiger partial charge in [-0.15, -0.1) is 0 Å². The molecule has 6 rings (SSSR count). The Morgan fingerprint density at radius 2 is 0.617 bits per heavy atom. The van der Waals surface area contributed by atoms with Crippen molar-refractivity contribution in [2.75, 3.05) is 0 Å². The Morgan fingerprint density at radius 1 is 0.362 bits per heavy atom. The number of hydrogen-bond acceptors (Lipinski definition) is 4. The highest BCUT2D eigenvalue weighted by molar-refractivity contribution is 7.49. The van der Waals surface area contributed by atoms with Crippen LogP contribution in [0.15, 0.2) is 127 Å². The van der Waals surface area contributed by atoms with E-state index in [1.165, 1.54) is 33.4 Å². The van der Waals surface area contributed by atoms with Gasteiger partial charge in [-0.25, -0.2) is 0 Å². The first-order valence-electron chi connectivity index (χ1n) is 15.8. The van der Waals surface area contributed by atoms with E-state index in [-0.39, 0.29) is 0 Å². The first kappa shape index (κ1) is 31.9. The first-order valence-corrected chi connectivity index (χ1v) is 17.2. The van der Waals surface area contributed by atoms with Gasteiger partial charge < -0.3 is 13.6 Å². The molecule has 0 bridgehead atoms. The van der Waals surface area contributed by atoms with Gasteiger partial charge in [0.05, 0.1) is 0 Å².